The fraction of sp³-hybridized carbons (Fsp3) is 0.407. The summed E-state index contributed by atoms with van der Waals surface area (Å²) in [7, 11) is 0. The van der Waals surface area contributed by atoms with Crippen LogP contribution in [-0.2, 0) is 11.2 Å². The van der Waals surface area contributed by atoms with E-state index in [-0.39, 0.29) is 23.9 Å². The molecule has 3 heterocycles. The van der Waals surface area contributed by atoms with Crippen molar-refractivity contribution in [3.05, 3.63) is 63.8 Å². The van der Waals surface area contributed by atoms with E-state index in [2.05, 4.69) is 4.90 Å². The van der Waals surface area contributed by atoms with Crippen molar-refractivity contribution in [2.75, 3.05) is 37.7 Å². The number of fused-ring (bicyclic) bond motifs is 3. The Balaban J connectivity index is 1.32. The van der Waals surface area contributed by atoms with E-state index < -0.39 is 5.63 Å². The van der Waals surface area contributed by atoms with Gasteiger partial charge in [0.05, 0.1) is 5.39 Å². The summed E-state index contributed by atoms with van der Waals surface area (Å²) in [5, 5.41) is 0.695. The lowest BCUT2D eigenvalue weighted by Crippen LogP contribution is -2.50. The zero-order chi connectivity index (χ0) is 24.7. The Kier molecular flexibility index (Phi) is 5.91. The molecule has 5 rings (SSSR count). The number of halogens is 1. The second-order valence-electron chi connectivity index (χ2n) is 9.80. The predicted molar refractivity (Wildman–Crippen MR) is 131 cm³/mol. The molecule has 1 saturated heterocycles. The normalized spacial score (nSPS) is 17.1. The molecule has 184 valence electrons. The Labute approximate surface area is 203 Å². The van der Waals surface area contributed by atoms with Crippen LogP contribution in [0.15, 0.2) is 45.6 Å². The lowest BCUT2D eigenvalue weighted by Gasteiger charge is -2.36. The summed E-state index contributed by atoms with van der Waals surface area (Å²) in [5.41, 5.74) is 2.24. The SMILES string of the molecule is Cc1cc(=O)oc2c3c(cc(OCC(=O)N4CCN(c5ccc(F)cc5)CC4)c12)OC(C)(C)CC3. The largest absolute Gasteiger partial charge is 0.487 e. The van der Waals surface area contributed by atoms with Gasteiger partial charge in [-0.25, -0.2) is 9.18 Å². The van der Waals surface area contributed by atoms with E-state index in [1.165, 1.54) is 18.2 Å². The van der Waals surface area contributed by atoms with E-state index in [1.807, 2.05) is 26.8 Å². The van der Waals surface area contributed by atoms with Crippen LogP contribution in [0.1, 0.15) is 31.4 Å². The third-order valence-electron chi connectivity index (χ3n) is 6.78. The molecule has 8 heteroatoms. The number of carbonyl (C=O) groups is 1. The fourth-order valence-corrected chi connectivity index (χ4v) is 4.83. The number of piperazine rings is 1. The smallest absolute Gasteiger partial charge is 0.336 e. The van der Waals surface area contributed by atoms with Gasteiger partial charge in [-0.15, -0.1) is 0 Å². The first-order chi connectivity index (χ1) is 16.7. The van der Waals surface area contributed by atoms with Crippen molar-refractivity contribution in [3.63, 3.8) is 0 Å². The molecule has 1 aromatic heterocycles. The lowest BCUT2D eigenvalue weighted by molar-refractivity contribution is -0.133. The Morgan fingerprint density at radius 3 is 2.54 bits per heavy atom. The number of hydrogen-bond acceptors (Lipinski definition) is 6. The second-order valence-corrected chi connectivity index (χ2v) is 9.80. The van der Waals surface area contributed by atoms with Crippen molar-refractivity contribution in [2.24, 2.45) is 0 Å². The molecule has 0 saturated carbocycles. The number of amides is 1. The van der Waals surface area contributed by atoms with E-state index >= 15 is 0 Å². The van der Waals surface area contributed by atoms with Gasteiger partial charge in [-0.2, -0.15) is 0 Å². The number of anilines is 1. The molecule has 0 aliphatic carbocycles. The molecule has 0 radical (unpaired) electrons. The summed E-state index contributed by atoms with van der Waals surface area (Å²) in [4.78, 5) is 29.0. The third-order valence-corrected chi connectivity index (χ3v) is 6.78. The minimum atomic E-state index is -0.422. The van der Waals surface area contributed by atoms with E-state index in [4.69, 9.17) is 13.9 Å². The van der Waals surface area contributed by atoms with Crippen LogP contribution in [0.3, 0.4) is 0 Å². The zero-order valence-corrected chi connectivity index (χ0v) is 20.2. The van der Waals surface area contributed by atoms with E-state index in [1.54, 1.807) is 17.0 Å². The summed E-state index contributed by atoms with van der Waals surface area (Å²) in [6.45, 7) is 8.16. The molecule has 0 N–H and O–H groups in total. The van der Waals surface area contributed by atoms with Crippen molar-refractivity contribution in [2.45, 2.75) is 39.2 Å². The molecule has 0 bridgehead atoms. The fourth-order valence-electron chi connectivity index (χ4n) is 4.83. The Hall–Kier alpha value is -3.55. The summed E-state index contributed by atoms with van der Waals surface area (Å²) >= 11 is 0. The maximum atomic E-state index is 13.2. The summed E-state index contributed by atoms with van der Waals surface area (Å²) < 4.78 is 31.0. The molecule has 2 aliphatic rings. The number of carbonyl (C=O) groups excluding carboxylic acids is 1. The van der Waals surface area contributed by atoms with Crippen LogP contribution < -0.4 is 20.0 Å². The van der Waals surface area contributed by atoms with Crippen LogP contribution >= 0.6 is 0 Å². The van der Waals surface area contributed by atoms with Crippen molar-refractivity contribution in [3.8, 4) is 11.5 Å². The van der Waals surface area contributed by atoms with Crippen LogP contribution in [0.5, 0.6) is 11.5 Å². The predicted octanol–water partition coefficient (Wildman–Crippen LogP) is 4.07. The highest BCUT2D eigenvalue weighted by atomic mass is 19.1. The number of ether oxygens (including phenoxy) is 2. The molecule has 1 amide bonds. The molecule has 0 unspecified atom stereocenters. The maximum absolute atomic E-state index is 13.2. The number of benzene rings is 2. The first-order valence-electron chi connectivity index (χ1n) is 11.9. The van der Waals surface area contributed by atoms with Gasteiger partial charge in [-0.05, 0) is 63.4 Å². The molecule has 3 aromatic rings. The molecule has 0 spiro atoms. The summed E-state index contributed by atoms with van der Waals surface area (Å²) in [6, 6.07) is 9.64. The van der Waals surface area contributed by atoms with Crippen molar-refractivity contribution in [1.29, 1.82) is 0 Å². The topological polar surface area (TPSA) is 72.2 Å². The maximum Gasteiger partial charge on any atom is 0.336 e. The Morgan fingerprint density at radius 1 is 1.11 bits per heavy atom. The average molecular weight is 481 g/mol. The zero-order valence-electron chi connectivity index (χ0n) is 20.2. The Bertz CT molecular complexity index is 1320. The second kappa shape index (κ2) is 8.91. The lowest BCUT2D eigenvalue weighted by atomic mass is 9.92. The van der Waals surface area contributed by atoms with Crippen LogP contribution in [-0.4, -0.2) is 49.2 Å². The highest BCUT2D eigenvalue weighted by Gasteiger charge is 2.31. The third kappa shape index (κ3) is 4.70. The van der Waals surface area contributed by atoms with Crippen molar-refractivity contribution >= 4 is 22.6 Å². The minimum Gasteiger partial charge on any atom is -0.487 e. The average Bonchev–Trinajstić information content (AvgIpc) is 2.81. The molecule has 0 atom stereocenters. The van der Waals surface area contributed by atoms with Crippen LogP contribution in [0.25, 0.3) is 11.0 Å². The van der Waals surface area contributed by atoms with Gasteiger partial charge < -0.3 is 23.7 Å². The van der Waals surface area contributed by atoms with Crippen LogP contribution in [0.4, 0.5) is 10.1 Å². The van der Waals surface area contributed by atoms with Crippen molar-refractivity contribution in [1.82, 2.24) is 4.90 Å². The van der Waals surface area contributed by atoms with Gasteiger partial charge in [0, 0.05) is 49.6 Å². The monoisotopic (exact) mass is 480 g/mol. The highest BCUT2D eigenvalue weighted by molar-refractivity contribution is 5.91. The van der Waals surface area contributed by atoms with E-state index in [0.29, 0.717) is 48.6 Å². The quantitative estimate of drug-likeness (QED) is 0.525. The van der Waals surface area contributed by atoms with Gasteiger partial charge >= 0.3 is 5.63 Å². The van der Waals surface area contributed by atoms with Gasteiger partial charge in [-0.1, -0.05) is 0 Å². The molecular formula is C27H29FN2O5. The highest BCUT2D eigenvalue weighted by Crippen LogP contribution is 2.42. The van der Waals surface area contributed by atoms with Gasteiger partial charge in [-0.3, -0.25) is 4.79 Å². The minimum absolute atomic E-state index is 0.120. The van der Waals surface area contributed by atoms with E-state index in [0.717, 1.165) is 29.7 Å². The molecule has 35 heavy (non-hydrogen) atoms. The number of aryl methyl sites for hydroxylation is 2. The number of rotatable bonds is 4. The number of hydrogen-bond donors (Lipinski definition) is 0. The standard InChI is InChI=1S/C27H29FN2O5/c1-17-14-24(32)34-26-20-8-9-27(2,3)35-21(20)15-22(25(17)26)33-16-23(31)30-12-10-29(11-13-30)19-6-4-18(28)5-7-19/h4-7,14-15H,8-13,16H2,1-3H3. The summed E-state index contributed by atoms with van der Waals surface area (Å²) in [5.74, 6) is 0.706. The van der Waals surface area contributed by atoms with Gasteiger partial charge in [0.2, 0.25) is 0 Å². The molecule has 1 fully saturated rings. The van der Waals surface area contributed by atoms with Gasteiger partial charge in [0.25, 0.3) is 5.91 Å². The molecule has 2 aromatic carbocycles. The molecular weight excluding hydrogens is 451 g/mol. The molecule has 7 nitrogen and oxygen atoms in total. The number of nitrogens with zero attached hydrogens (tertiary/aromatic N) is 2. The van der Waals surface area contributed by atoms with Crippen LogP contribution in [0.2, 0.25) is 0 Å². The van der Waals surface area contributed by atoms with Gasteiger partial charge in [0.15, 0.2) is 6.61 Å². The first kappa shape index (κ1) is 23.2. The first-order valence-corrected chi connectivity index (χ1v) is 11.9. The van der Waals surface area contributed by atoms with Gasteiger partial charge in [0.1, 0.15) is 28.5 Å². The van der Waals surface area contributed by atoms with E-state index in [9.17, 15) is 14.0 Å². The van der Waals surface area contributed by atoms with Crippen LogP contribution in [0, 0.1) is 12.7 Å². The Morgan fingerprint density at radius 2 is 1.83 bits per heavy atom. The molecule has 2 aliphatic heterocycles. The van der Waals surface area contributed by atoms with Crippen molar-refractivity contribution < 1.29 is 23.1 Å². The summed E-state index contributed by atoms with van der Waals surface area (Å²) in [6.07, 6.45) is 1.53.